The van der Waals surface area contributed by atoms with E-state index in [9.17, 15) is 13.6 Å². The Labute approximate surface area is 146 Å². The molecule has 0 saturated carbocycles. The number of nitrogens with one attached hydrogen (secondary N) is 2. The highest BCUT2D eigenvalue weighted by atomic mass is 79.9. The van der Waals surface area contributed by atoms with E-state index in [1.165, 1.54) is 12.1 Å². The molecule has 2 aromatic carbocycles. The number of carbonyl (C=O) groups is 1. The average Bonchev–Trinajstić information content (AvgIpc) is 2.54. The Morgan fingerprint density at radius 2 is 1.96 bits per heavy atom. The molecule has 2 aromatic rings. The number of alkyl halides is 2. The first-order valence-electron chi connectivity index (χ1n) is 7.00. The molecule has 0 bridgehead atoms. The van der Waals surface area contributed by atoms with Crippen LogP contribution in [0.15, 0.2) is 40.9 Å². The summed E-state index contributed by atoms with van der Waals surface area (Å²) in [7, 11) is 1.58. The molecule has 0 aliphatic carbocycles. The van der Waals surface area contributed by atoms with Crippen molar-refractivity contribution < 1.29 is 18.3 Å². The number of ether oxygens (including phenoxy) is 1. The van der Waals surface area contributed by atoms with Crippen LogP contribution in [0.25, 0.3) is 0 Å². The highest BCUT2D eigenvalue weighted by Gasteiger charge is 2.19. The summed E-state index contributed by atoms with van der Waals surface area (Å²) in [5.74, 6) is -0.480. The smallest absolute Gasteiger partial charge is 0.272 e. The molecule has 0 saturated heterocycles. The van der Waals surface area contributed by atoms with Crippen molar-refractivity contribution in [2.75, 3.05) is 30.0 Å². The molecule has 128 valence electrons. The molecule has 5 nitrogen and oxygen atoms in total. The topological polar surface area (TPSA) is 76.4 Å². The van der Waals surface area contributed by atoms with Gasteiger partial charge in [0.15, 0.2) is 5.75 Å². The van der Waals surface area contributed by atoms with Crippen LogP contribution < -0.4 is 21.1 Å². The zero-order chi connectivity index (χ0) is 17.7. The Kier molecular flexibility index (Phi) is 5.97. The van der Waals surface area contributed by atoms with E-state index in [1.807, 2.05) is 0 Å². The summed E-state index contributed by atoms with van der Waals surface area (Å²) in [5.41, 5.74) is 7.07. The van der Waals surface area contributed by atoms with E-state index < -0.39 is 18.9 Å². The number of anilines is 3. The molecular formula is C16H16BrF2N3O2. The Morgan fingerprint density at radius 1 is 1.29 bits per heavy atom. The van der Waals surface area contributed by atoms with E-state index in [2.05, 4.69) is 26.6 Å². The molecule has 4 N–H and O–H groups in total. The van der Waals surface area contributed by atoms with Gasteiger partial charge in [0.25, 0.3) is 12.3 Å². The van der Waals surface area contributed by atoms with Gasteiger partial charge < -0.3 is 21.1 Å². The maximum atomic E-state index is 12.5. The van der Waals surface area contributed by atoms with Gasteiger partial charge in [0.1, 0.15) is 6.61 Å². The fraction of sp³-hybridized carbons (Fsp3) is 0.188. The monoisotopic (exact) mass is 399 g/mol. The van der Waals surface area contributed by atoms with Gasteiger partial charge in [0, 0.05) is 22.9 Å². The van der Waals surface area contributed by atoms with Gasteiger partial charge in [-0.25, -0.2) is 8.78 Å². The molecule has 0 atom stereocenters. The molecule has 0 radical (unpaired) electrons. The van der Waals surface area contributed by atoms with E-state index in [-0.39, 0.29) is 11.3 Å². The molecule has 1 amide bonds. The lowest BCUT2D eigenvalue weighted by Crippen LogP contribution is -2.17. The lowest BCUT2D eigenvalue weighted by atomic mass is 10.1. The van der Waals surface area contributed by atoms with Crippen LogP contribution in [0.5, 0.6) is 5.75 Å². The highest BCUT2D eigenvalue weighted by Crippen LogP contribution is 2.32. The quantitative estimate of drug-likeness (QED) is 0.642. The predicted octanol–water partition coefficient (Wildman–Crippen LogP) is 3.97. The minimum absolute atomic E-state index is 0.0293. The van der Waals surface area contributed by atoms with Gasteiger partial charge in [-0.3, -0.25) is 4.79 Å². The third kappa shape index (κ3) is 4.58. The van der Waals surface area contributed by atoms with Crippen LogP contribution in [0.4, 0.5) is 25.8 Å². The zero-order valence-electron chi connectivity index (χ0n) is 12.8. The molecule has 0 heterocycles. The lowest BCUT2D eigenvalue weighted by molar-refractivity contribution is 0.0807. The molecule has 2 rings (SSSR count). The SMILES string of the molecule is CNc1cc(N)cc(C(=O)Nc2ccc(Br)cc2)c1OCC(F)F. The van der Waals surface area contributed by atoms with Crippen LogP contribution >= 0.6 is 15.9 Å². The van der Waals surface area contributed by atoms with Gasteiger partial charge in [-0.2, -0.15) is 0 Å². The van der Waals surface area contributed by atoms with Crippen LogP contribution in [0.2, 0.25) is 0 Å². The standard InChI is InChI=1S/C16H16BrF2N3O2/c1-21-13-7-10(20)6-12(15(13)24-8-14(18)19)16(23)22-11-4-2-9(17)3-5-11/h2-7,14,21H,8,20H2,1H3,(H,22,23). The van der Waals surface area contributed by atoms with E-state index in [1.54, 1.807) is 31.3 Å². The number of nitrogen functional groups attached to an aromatic ring is 1. The minimum Gasteiger partial charge on any atom is -0.485 e. The van der Waals surface area contributed by atoms with Crippen LogP contribution in [-0.2, 0) is 0 Å². The van der Waals surface area contributed by atoms with Crippen molar-refractivity contribution in [3.8, 4) is 5.75 Å². The summed E-state index contributed by atoms with van der Waals surface area (Å²) >= 11 is 3.30. The largest absolute Gasteiger partial charge is 0.485 e. The number of halogens is 3. The van der Waals surface area contributed by atoms with Crippen LogP contribution in [0, 0.1) is 0 Å². The third-order valence-corrected chi connectivity index (χ3v) is 3.61. The Morgan fingerprint density at radius 3 is 2.54 bits per heavy atom. The third-order valence-electron chi connectivity index (χ3n) is 3.08. The summed E-state index contributed by atoms with van der Waals surface area (Å²) in [4.78, 5) is 12.5. The summed E-state index contributed by atoms with van der Waals surface area (Å²) < 4.78 is 30.9. The minimum atomic E-state index is -2.66. The molecule has 24 heavy (non-hydrogen) atoms. The lowest BCUT2D eigenvalue weighted by Gasteiger charge is -2.16. The van der Waals surface area contributed by atoms with Gasteiger partial charge >= 0.3 is 0 Å². The highest BCUT2D eigenvalue weighted by molar-refractivity contribution is 9.10. The molecule has 8 heteroatoms. The molecule has 0 aliphatic rings. The maximum Gasteiger partial charge on any atom is 0.272 e. The van der Waals surface area contributed by atoms with Crippen LogP contribution in [0.3, 0.4) is 0 Å². The van der Waals surface area contributed by atoms with Gasteiger partial charge in [-0.1, -0.05) is 15.9 Å². The average molecular weight is 400 g/mol. The second-order valence-corrected chi connectivity index (χ2v) is 5.77. The Hall–Kier alpha value is -2.35. The number of amides is 1. The van der Waals surface area contributed by atoms with Crippen molar-refractivity contribution >= 4 is 38.9 Å². The Balaban J connectivity index is 2.33. The molecule has 0 unspecified atom stereocenters. The first-order valence-corrected chi connectivity index (χ1v) is 7.79. The molecular weight excluding hydrogens is 384 g/mol. The zero-order valence-corrected chi connectivity index (χ0v) is 14.4. The summed E-state index contributed by atoms with van der Waals surface area (Å²) in [6.07, 6.45) is -2.66. The van der Waals surface area contributed by atoms with Crippen molar-refractivity contribution in [2.45, 2.75) is 6.43 Å². The first-order chi connectivity index (χ1) is 11.4. The molecule has 0 fully saturated rings. The number of rotatable bonds is 6. The van der Waals surface area contributed by atoms with Gasteiger partial charge in [0.2, 0.25) is 0 Å². The fourth-order valence-electron chi connectivity index (χ4n) is 2.04. The summed E-state index contributed by atoms with van der Waals surface area (Å²) in [5, 5.41) is 5.47. The fourth-order valence-corrected chi connectivity index (χ4v) is 2.30. The molecule has 0 spiro atoms. The van der Waals surface area contributed by atoms with E-state index >= 15 is 0 Å². The molecule has 0 aromatic heterocycles. The molecule has 0 aliphatic heterocycles. The number of carbonyl (C=O) groups excluding carboxylic acids is 1. The number of hydrogen-bond donors (Lipinski definition) is 3. The normalized spacial score (nSPS) is 10.5. The second kappa shape index (κ2) is 7.96. The van der Waals surface area contributed by atoms with Crippen molar-refractivity contribution in [3.63, 3.8) is 0 Å². The summed E-state index contributed by atoms with van der Waals surface area (Å²) in [6, 6.07) is 9.83. The van der Waals surface area contributed by atoms with Crippen molar-refractivity contribution in [3.05, 3.63) is 46.4 Å². The predicted molar refractivity (Wildman–Crippen MR) is 94.0 cm³/mol. The van der Waals surface area contributed by atoms with E-state index in [0.717, 1.165) is 4.47 Å². The maximum absolute atomic E-state index is 12.5. The number of benzene rings is 2. The second-order valence-electron chi connectivity index (χ2n) is 4.86. The van der Waals surface area contributed by atoms with Crippen molar-refractivity contribution in [1.29, 1.82) is 0 Å². The van der Waals surface area contributed by atoms with Gasteiger partial charge in [-0.05, 0) is 36.4 Å². The van der Waals surface area contributed by atoms with E-state index in [4.69, 9.17) is 10.5 Å². The van der Waals surface area contributed by atoms with Crippen LogP contribution in [0.1, 0.15) is 10.4 Å². The first kappa shape index (κ1) is 18.0. The number of hydrogen-bond acceptors (Lipinski definition) is 4. The Bertz CT molecular complexity index is 724. The summed E-state index contributed by atoms with van der Waals surface area (Å²) in [6.45, 7) is -0.822. The van der Waals surface area contributed by atoms with Crippen molar-refractivity contribution in [1.82, 2.24) is 0 Å². The van der Waals surface area contributed by atoms with E-state index in [0.29, 0.717) is 17.1 Å². The van der Waals surface area contributed by atoms with Crippen molar-refractivity contribution in [2.24, 2.45) is 0 Å². The van der Waals surface area contributed by atoms with Crippen LogP contribution in [-0.4, -0.2) is 26.0 Å². The number of nitrogens with two attached hydrogens (primary N) is 1. The van der Waals surface area contributed by atoms with Gasteiger partial charge in [0.05, 0.1) is 11.3 Å². The van der Waals surface area contributed by atoms with Gasteiger partial charge in [-0.15, -0.1) is 0 Å².